The van der Waals surface area contributed by atoms with Crippen LogP contribution in [0.25, 0.3) is 0 Å². The summed E-state index contributed by atoms with van der Waals surface area (Å²) in [5.41, 5.74) is 6.01. The Morgan fingerprint density at radius 1 is 1.63 bits per heavy atom. The van der Waals surface area contributed by atoms with E-state index in [2.05, 4.69) is 5.32 Å². The maximum absolute atomic E-state index is 14.3. The molecule has 1 aromatic carbocycles. The van der Waals surface area contributed by atoms with Crippen LogP contribution < -0.4 is 16.5 Å². The van der Waals surface area contributed by atoms with Crippen molar-refractivity contribution in [2.24, 2.45) is 5.73 Å². The summed E-state index contributed by atoms with van der Waals surface area (Å²) >= 11 is 0. The van der Waals surface area contributed by atoms with Gasteiger partial charge >= 0.3 is 13.1 Å². The molecule has 1 aliphatic rings. The van der Waals surface area contributed by atoms with Gasteiger partial charge in [-0.25, -0.2) is 4.39 Å². The Morgan fingerprint density at radius 2 is 2.37 bits per heavy atom. The van der Waals surface area contributed by atoms with Gasteiger partial charge in [-0.1, -0.05) is 12.1 Å². The second-order valence-corrected chi connectivity index (χ2v) is 4.30. The van der Waals surface area contributed by atoms with E-state index in [-0.39, 0.29) is 24.3 Å². The van der Waals surface area contributed by atoms with E-state index < -0.39 is 24.9 Å². The molecular weight excluding hydrogens is 254 g/mol. The first kappa shape index (κ1) is 13.8. The van der Waals surface area contributed by atoms with E-state index in [9.17, 15) is 14.2 Å². The fourth-order valence-corrected chi connectivity index (χ4v) is 1.94. The number of nitrogens with one attached hydrogen (secondary N) is 1. The van der Waals surface area contributed by atoms with Crippen molar-refractivity contribution < 1.29 is 24.0 Å². The lowest BCUT2D eigenvalue weighted by molar-refractivity contribution is -0.138. The Hall–Kier alpha value is -1.64. The minimum atomic E-state index is -1.19. The molecule has 0 aromatic heterocycles. The van der Waals surface area contributed by atoms with Crippen molar-refractivity contribution in [1.29, 1.82) is 0 Å². The third kappa shape index (κ3) is 2.86. The summed E-state index contributed by atoms with van der Waals surface area (Å²) in [7, 11) is -1.19. The molecule has 19 heavy (non-hydrogen) atoms. The number of rotatable bonds is 3. The highest BCUT2D eigenvalue weighted by Crippen LogP contribution is 2.19. The predicted octanol–water partition coefficient (Wildman–Crippen LogP) is -1.09. The maximum Gasteiger partial charge on any atom is 0.493 e. The lowest BCUT2D eigenvalue weighted by Gasteiger charge is -2.14. The van der Waals surface area contributed by atoms with Gasteiger partial charge in [0, 0.05) is 25.0 Å². The largest absolute Gasteiger partial charge is 0.493 e. The first-order valence-corrected chi connectivity index (χ1v) is 5.84. The smallest absolute Gasteiger partial charge is 0.480 e. The summed E-state index contributed by atoms with van der Waals surface area (Å²) in [6.07, 6.45) is -0.118. The lowest BCUT2D eigenvalue weighted by Crippen LogP contribution is -2.35. The number of hydrogen-bond acceptors (Lipinski definition) is 5. The standard InChI is InChI=1S/C11H14BFN2O4/c13-9-6(5-8(14)11(16)17)1-2-7-10(9)15-3-4-19-12(7)18/h1-2,8,15,18H,3-5,14H2,(H,16,17)/t8-/m0/s1. The molecule has 1 aliphatic heterocycles. The Balaban J connectivity index is 2.33. The molecule has 0 amide bonds. The third-order valence-corrected chi connectivity index (χ3v) is 2.96. The monoisotopic (exact) mass is 268 g/mol. The number of fused-ring (bicyclic) bond motifs is 1. The van der Waals surface area contributed by atoms with Crippen molar-refractivity contribution in [1.82, 2.24) is 0 Å². The van der Waals surface area contributed by atoms with Crippen LogP contribution in [0.3, 0.4) is 0 Å². The molecule has 8 heteroatoms. The molecule has 1 aromatic rings. The molecule has 102 valence electrons. The zero-order valence-electron chi connectivity index (χ0n) is 10.1. The van der Waals surface area contributed by atoms with E-state index in [0.717, 1.165) is 0 Å². The maximum atomic E-state index is 14.3. The molecule has 0 unspecified atom stereocenters. The van der Waals surface area contributed by atoms with Crippen LogP contribution in [0.2, 0.25) is 0 Å². The van der Waals surface area contributed by atoms with Crippen molar-refractivity contribution >= 4 is 24.2 Å². The van der Waals surface area contributed by atoms with Gasteiger partial charge in [-0.15, -0.1) is 0 Å². The minimum absolute atomic E-state index is 0.118. The number of benzene rings is 1. The first-order chi connectivity index (χ1) is 9.00. The van der Waals surface area contributed by atoms with Gasteiger partial charge in [0.25, 0.3) is 0 Å². The van der Waals surface area contributed by atoms with E-state index in [0.29, 0.717) is 12.0 Å². The zero-order chi connectivity index (χ0) is 14.0. The summed E-state index contributed by atoms with van der Waals surface area (Å²) in [5, 5.41) is 21.2. The molecule has 1 heterocycles. The highest BCUT2D eigenvalue weighted by atomic mass is 19.1. The SMILES string of the molecule is N[C@@H](Cc1ccc2c(c1F)NCCOB2O)C(=O)O. The number of carboxylic acid groups (broad SMARTS) is 1. The summed E-state index contributed by atoms with van der Waals surface area (Å²) in [4.78, 5) is 10.7. The molecular formula is C11H14BFN2O4. The van der Waals surface area contributed by atoms with Gasteiger partial charge in [-0.2, -0.15) is 0 Å². The summed E-state index contributed by atoms with van der Waals surface area (Å²) in [6.45, 7) is 0.606. The van der Waals surface area contributed by atoms with Gasteiger partial charge < -0.3 is 25.8 Å². The third-order valence-electron chi connectivity index (χ3n) is 2.96. The Kier molecular flexibility index (Phi) is 4.03. The molecule has 5 N–H and O–H groups in total. The van der Waals surface area contributed by atoms with Crippen LogP contribution in [0.15, 0.2) is 12.1 Å². The number of nitrogens with two attached hydrogens (primary N) is 1. The molecule has 1 atom stereocenters. The Morgan fingerprint density at radius 3 is 3.05 bits per heavy atom. The van der Waals surface area contributed by atoms with Gasteiger partial charge in [0.15, 0.2) is 0 Å². The van der Waals surface area contributed by atoms with Gasteiger partial charge in [0.05, 0.1) is 5.69 Å². The molecule has 0 spiro atoms. The van der Waals surface area contributed by atoms with Crippen molar-refractivity contribution in [3.63, 3.8) is 0 Å². The van der Waals surface area contributed by atoms with E-state index >= 15 is 0 Å². The molecule has 0 aliphatic carbocycles. The average Bonchev–Trinajstić information content (AvgIpc) is 2.55. The number of aliphatic carboxylic acids is 1. The summed E-state index contributed by atoms with van der Waals surface area (Å²) < 4.78 is 19.3. The first-order valence-electron chi connectivity index (χ1n) is 5.84. The number of hydrogen-bond donors (Lipinski definition) is 4. The molecule has 6 nitrogen and oxygen atoms in total. The summed E-state index contributed by atoms with van der Waals surface area (Å²) in [6, 6.07) is 1.75. The lowest BCUT2D eigenvalue weighted by atomic mass is 9.77. The highest BCUT2D eigenvalue weighted by molar-refractivity contribution is 6.62. The molecule has 2 rings (SSSR count). The predicted molar refractivity (Wildman–Crippen MR) is 67.8 cm³/mol. The van der Waals surface area contributed by atoms with E-state index in [4.69, 9.17) is 15.5 Å². The molecule has 0 saturated heterocycles. The Labute approximate surface area is 109 Å². The highest BCUT2D eigenvalue weighted by Gasteiger charge is 2.27. The van der Waals surface area contributed by atoms with Crippen LogP contribution in [0.1, 0.15) is 5.56 Å². The van der Waals surface area contributed by atoms with Crippen LogP contribution in [0.4, 0.5) is 10.1 Å². The fourth-order valence-electron chi connectivity index (χ4n) is 1.94. The van der Waals surface area contributed by atoms with Gasteiger partial charge in [-0.05, 0) is 5.56 Å². The normalized spacial score (nSPS) is 16.3. The van der Waals surface area contributed by atoms with E-state index in [1.165, 1.54) is 12.1 Å². The topological polar surface area (TPSA) is 105 Å². The van der Waals surface area contributed by atoms with Gasteiger partial charge in [-0.3, -0.25) is 4.79 Å². The second kappa shape index (κ2) is 5.56. The molecule has 0 saturated carbocycles. The summed E-state index contributed by atoms with van der Waals surface area (Å²) in [5.74, 6) is -1.79. The second-order valence-electron chi connectivity index (χ2n) is 4.30. The van der Waals surface area contributed by atoms with Crippen LogP contribution in [-0.2, 0) is 15.9 Å². The number of carbonyl (C=O) groups is 1. The minimum Gasteiger partial charge on any atom is -0.480 e. The van der Waals surface area contributed by atoms with Crippen LogP contribution >= 0.6 is 0 Å². The number of anilines is 1. The molecule has 0 bridgehead atoms. The number of halogens is 1. The van der Waals surface area contributed by atoms with E-state index in [1.54, 1.807) is 0 Å². The Bertz CT molecular complexity index is 500. The van der Waals surface area contributed by atoms with Gasteiger partial charge in [0.2, 0.25) is 0 Å². The van der Waals surface area contributed by atoms with Crippen molar-refractivity contribution in [2.75, 3.05) is 18.5 Å². The van der Waals surface area contributed by atoms with Crippen molar-refractivity contribution in [3.8, 4) is 0 Å². The van der Waals surface area contributed by atoms with Crippen LogP contribution in [0, 0.1) is 5.82 Å². The van der Waals surface area contributed by atoms with E-state index in [1.807, 2.05) is 0 Å². The zero-order valence-corrected chi connectivity index (χ0v) is 10.1. The van der Waals surface area contributed by atoms with Crippen molar-refractivity contribution in [2.45, 2.75) is 12.5 Å². The number of carboxylic acids is 1. The molecule has 0 radical (unpaired) electrons. The fraction of sp³-hybridized carbons (Fsp3) is 0.364. The molecule has 0 fully saturated rings. The average molecular weight is 268 g/mol. The van der Waals surface area contributed by atoms with Gasteiger partial charge in [0.1, 0.15) is 11.9 Å². The van der Waals surface area contributed by atoms with Crippen molar-refractivity contribution in [3.05, 3.63) is 23.5 Å². The van der Waals surface area contributed by atoms with Crippen LogP contribution in [0.5, 0.6) is 0 Å². The van der Waals surface area contributed by atoms with Crippen LogP contribution in [-0.4, -0.2) is 42.4 Å². The quantitative estimate of drug-likeness (QED) is 0.519.